The summed E-state index contributed by atoms with van der Waals surface area (Å²) in [7, 11) is 0. The zero-order valence-corrected chi connectivity index (χ0v) is 20.6. The molecule has 3 rings (SSSR count). The molecule has 0 radical (unpaired) electrons. The summed E-state index contributed by atoms with van der Waals surface area (Å²) in [5.74, 6) is 0.522. The molecule has 0 spiro atoms. The van der Waals surface area contributed by atoms with Crippen LogP contribution >= 0.6 is 15.9 Å². The lowest BCUT2D eigenvalue weighted by Gasteiger charge is -2.14. The predicted molar refractivity (Wildman–Crippen MR) is 135 cm³/mol. The van der Waals surface area contributed by atoms with Crippen molar-refractivity contribution in [3.8, 4) is 11.5 Å². The van der Waals surface area contributed by atoms with Gasteiger partial charge in [0, 0.05) is 24.3 Å². The zero-order valence-electron chi connectivity index (χ0n) is 19.0. The third-order valence-corrected chi connectivity index (χ3v) is 5.37. The molecule has 186 valence electrons. The SMILES string of the molecule is CCOc1cc(/C=N\NC(=O)Cc2ccc([N+](=O)[O-])cc2)cc(Br)c1OCc1ccc([N+](=O)[O-])cc1. The van der Waals surface area contributed by atoms with E-state index < -0.39 is 9.85 Å². The van der Waals surface area contributed by atoms with Gasteiger partial charge in [-0.2, -0.15) is 5.10 Å². The van der Waals surface area contributed by atoms with Crippen molar-refractivity contribution in [1.29, 1.82) is 0 Å². The molecule has 0 bridgehead atoms. The van der Waals surface area contributed by atoms with Crippen LogP contribution in [0.15, 0.2) is 70.2 Å². The number of nitrogens with one attached hydrogen (secondary N) is 1. The molecule has 12 heteroatoms. The second-order valence-electron chi connectivity index (χ2n) is 7.37. The molecular formula is C24H21BrN4O7. The van der Waals surface area contributed by atoms with Gasteiger partial charge in [-0.15, -0.1) is 0 Å². The third-order valence-electron chi connectivity index (χ3n) is 4.78. The van der Waals surface area contributed by atoms with Crippen molar-refractivity contribution in [3.63, 3.8) is 0 Å². The van der Waals surface area contributed by atoms with E-state index in [9.17, 15) is 25.0 Å². The van der Waals surface area contributed by atoms with Crippen LogP contribution in [0.4, 0.5) is 11.4 Å². The number of hydrogen-bond acceptors (Lipinski definition) is 8. The van der Waals surface area contributed by atoms with Crippen molar-refractivity contribution in [2.75, 3.05) is 6.61 Å². The van der Waals surface area contributed by atoms with Crippen LogP contribution in [0.2, 0.25) is 0 Å². The summed E-state index contributed by atoms with van der Waals surface area (Å²) < 4.78 is 12.2. The van der Waals surface area contributed by atoms with E-state index >= 15 is 0 Å². The number of ether oxygens (including phenoxy) is 2. The first-order valence-corrected chi connectivity index (χ1v) is 11.4. The molecule has 0 saturated carbocycles. The minimum atomic E-state index is -0.505. The van der Waals surface area contributed by atoms with Crippen molar-refractivity contribution < 1.29 is 24.1 Å². The van der Waals surface area contributed by atoms with Gasteiger partial charge in [-0.3, -0.25) is 25.0 Å². The molecule has 36 heavy (non-hydrogen) atoms. The van der Waals surface area contributed by atoms with E-state index in [0.717, 1.165) is 5.56 Å². The Hall–Kier alpha value is -4.32. The van der Waals surface area contributed by atoms with Crippen LogP contribution in [-0.2, 0) is 17.8 Å². The molecule has 1 amide bonds. The number of benzene rings is 3. The molecule has 0 aromatic heterocycles. The molecule has 0 aliphatic carbocycles. The van der Waals surface area contributed by atoms with Crippen LogP contribution in [-0.4, -0.2) is 28.6 Å². The van der Waals surface area contributed by atoms with Crippen LogP contribution in [0.1, 0.15) is 23.6 Å². The Balaban J connectivity index is 1.63. The summed E-state index contributed by atoms with van der Waals surface area (Å²) in [4.78, 5) is 32.7. The number of carbonyl (C=O) groups is 1. The summed E-state index contributed by atoms with van der Waals surface area (Å²) >= 11 is 3.46. The molecule has 0 atom stereocenters. The summed E-state index contributed by atoms with van der Waals surface area (Å²) in [5.41, 5.74) is 4.36. The Bertz CT molecular complexity index is 1280. The maximum absolute atomic E-state index is 12.1. The minimum Gasteiger partial charge on any atom is -0.490 e. The Morgan fingerprint density at radius 3 is 2.11 bits per heavy atom. The van der Waals surface area contributed by atoms with Crippen molar-refractivity contribution in [3.05, 3.63) is 102 Å². The first-order chi connectivity index (χ1) is 17.3. The summed E-state index contributed by atoms with van der Waals surface area (Å²) in [6.07, 6.45) is 1.46. The monoisotopic (exact) mass is 556 g/mol. The van der Waals surface area contributed by atoms with Gasteiger partial charge in [-0.1, -0.05) is 12.1 Å². The molecule has 0 aliphatic heterocycles. The number of hydrazone groups is 1. The second kappa shape index (κ2) is 12.4. The van der Waals surface area contributed by atoms with Gasteiger partial charge < -0.3 is 9.47 Å². The van der Waals surface area contributed by atoms with Gasteiger partial charge in [-0.05, 0) is 63.8 Å². The molecule has 0 unspecified atom stereocenters. The highest BCUT2D eigenvalue weighted by Crippen LogP contribution is 2.37. The molecule has 3 aromatic carbocycles. The number of nitro benzene ring substituents is 2. The molecule has 3 aromatic rings. The van der Waals surface area contributed by atoms with Gasteiger partial charge in [0.2, 0.25) is 5.91 Å². The van der Waals surface area contributed by atoms with E-state index in [2.05, 4.69) is 26.5 Å². The van der Waals surface area contributed by atoms with Gasteiger partial charge in [-0.25, -0.2) is 5.43 Å². The standard InChI is InChI=1S/C24H21BrN4O7/c1-2-35-22-12-18(14-26-27-23(30)13-16-3-7-19(8-4-16)28(31)32)11-21(25)24(22)36-15-17-5-9-20(10-6-17)29(33)34/h3-12,14H,2,13,15H2,1H3,(H,27,30)/b26-14-. The van der Waals surface area contributed by atoms with Crippen LogP contribution in [0.3, 0.4) is 0 Å². The van der Waals surface area contributed by atoms with Gasteiger partial charge in [0.15, 0.2) is 11.5 Å². The number of nitrogens with zero attached hydrogens (tertiary/aromatic N) is 3. The maximum Gasteiger partial charge on any atom is 0.269 e. The van der Waals surface area contributed by atoms with E-state index in [1.165, 1.54) is 42.6 Å². The highest BCUT2D eigenvalue weighted by atomic mass is 79.9. The van der Waals surface area contributed by atoms with Gasteiger partial charge >= 0.3 is 0 Å². The predicted octanol–water partition coefficient (Wildman–Crippen LogP) is 4.94. The average molecular weight is 557 g/mol. The van der Waals surface area contributed by atoms with Crippen molar-refractivity contribution in [1.82, 2.24) is 5.43 Å². The zero-order chi connectivity index (χ0) is 26.1. The van der Waals surface area contributed by atoms with Crippen molar-refractivity contribution in [2.24, 2.45) is 5.10 Å². The highest BCUT2D eigenvalue weighted by molar-refractivity contribution is 9.10. The number of halogens is 1. The number of hydrogen-bond donors (Lipinski definition) is 1. The minimum absolute atomic E-state index is 0.00147. The van der Waals surface area contributed by atoms with Crippen molar-refractivity contribution >= 4 is 39.4 Å². The fraction of sp³-hybridized carbons (Fsp3) is 0.167. The normalized spacial score (nSPS) is 10.7. The first-order valence-electron chi connectivity index (χ1n) is 10.6. The summed E-state index contributed by atoms with van der Waals surface area (Å²) in [6.45, 7) is 2.38. The van der Waals surface area contributed by atoms with Crippen LogP contribution in [0, 0.1) is 20.2 Å². The molecule has 1 N–H and O–H groups in total. The van der Waals surface area contributed by atoms with E-state index in [-0.39, 0.29) is 30.3 Å². The maximum atomic E-state index is 12.1. The highest BCUT2D eigenvalue weighted by Gasteiger charge is 2.13. The smallest absolute Gasteiger partial charge is 0.269 e. The quantitative estimate of drug-likeness (QED) is 0.200. The average Bonchev–Trinajstić information content (AvgIpc) is 2.84. The number of nitro groups is 2. The third kappa shape index (κ3) is 7.34. The lowest BCUT2D eigenvalue weighted by atomic mass is 10.1. The number of rotatable bonds is 11. The molecule has 11 nitrogen and oxygen atoms in total. The van der Waals surface area contributed by atoms with Crippen molar-refractivity contribution in [2.45, 2.75) is 20.0 Å². The summed E-state index contributed by atoms with van der Waals surface area (Å²) in [6, 6.07) is 15.2. The Morgan fingerprint density at radius 2 is 1.56 bits per heavy atom. The second-order valence-corrected chi connectivity index (χ2v) is 8.22. The lowest BCUT2D eigenvalue weighted by Crippen LogP contribution is -2.19. The molecule has 0 saturated heterocycles. The summed E-state index contributed by atoms with van der Waals surface area (Å²) in [5, 5.41) is 25.5. The fourth-order valence-corrected chi connectivity index (χ4v) is 3.65. The molecular weight excluding hydrogens is 536 g/mol. The van der Waals surface area contributed by atoms with E-state index in [1.54, 1.807) is 24.3 Å². The molecule has 0 aliphatic rings. The molecule has 0 fully saturated rings. The Labute approximate surface area is 214 Å². The fourth-order valence-electron chi connectivity index (χ4n) is 3.07. The number of amides is 1. The number of carbonyl (C=O) groups excluding carboxylic acids is 1. The first kappa shape index (κ1) is 26.3. The Kier molecular flexibility index (Phi) is 9.06. The van der Waals surface area contributed by atoms with Gasteiger partial charge in [0.05, 0.1) is 33.6 Å². The van der Waals surface area contributed by atoms with Crippen LogP contribution in [0.5, 0.6) is 11.5 Å². The lowest BCUT2D eigenvalue weighted by molar-refractivity contribution is -0.385. The molecule has 0 heterocycles. The van der Waals surface area contributed by atoms with Crippen LogP contribution < -0.4 is 14.9 Å². The van der Waals surface area contributed by atoms with Gasteiger partial charge in [0.25, 0.3) is 11.4 Å². The topological polar surface area (TPSA) is 146 Å². The Morgan fingerprint density at radius 1 is 0.972 bits per heavy atom. The van der Waals surface area contributed by atoms with Crippen LogP contribution in [0.25, 0.3) is 0 Å². The number of non-ortho nitro benzene ring substituents is 2. The van der Waals surface area contributed by atoms with E-state index in [1.807, 2.05) is 6.92 Å². The van der Waals surface area contributed by atoms with Gasteiger partial charge in [0.1, 0.15) is 6.61 Å². The van der Waals surface area contributed by atoms with E-state index in [0.29, 0.717) is 33.7 Å². The largest absolute Gasteiger partial charge is 0.490 e. The van der Waals surface area contributed by atoms with E-state index in [4.69, 9.17) is 9.47 Å².